The van der Waals surface area contributed by atoms with Crippen LogP contribution in [0.2, 0.25) is 0 Å². The average Bonchev–Trinajstić information content (AvgIpc) is 2.29. The lowest BCUT2D eigenvalue weighted by atomic mass is 9.73. The summed E-state index contributed by atoms with van der Waals surface area (Å²) in [5.74, 6) is -1.86. The lowest BCUT2D eigenvalue weighted by Crippen LogP contribution is -2.47. The molecule has 0 bridgehead atoms. The lowest BCUT2D eigenvalue weighted by molar-refractivity contribution is -0.152. The Kier molecular flexibility index (Phi) is 4.81. The highest BCUT2D eigenvalue weighted by atomic mass is 79.9. The van der Waals surface area contributed by atoms with E-state index in [9.17, 15) is 9.59 Å². The van der Waals surface area contributed by atoms with Crippen LogP contribution >= 0.6 is 15.9 Å². The van der Waals surface area contributed by atoms with Crippen LogP contribution in [0, 0.1) is 11.8 Å². The van der Waals surface area contributed by atoms with Gasteiger partial charge in [-0.3, -0.25) is 9.59 Å². The van der Waals surface area contributed by atoms with Crippen LogP contribution in [-0.2, 0) is 16.0 Å². The third-order valence-corrected chi connectivity index (χ3v) is 4.30. The topological polar surface area (TPSA) is 66.4 Å². The van der Waals surface area contributed by atoms with E-state index in [4.69, 9.17) is 5.11 Å². The lowest BCUT2D eigenvalue weighted by Gasteiger charge is -2.33. The van der Waals surface area contributed by atoms with Gasteiger partial charge in [-0.15, -0.1) is 0 Å². The van der Waals surface area contributed by atoms with Crippen LogP contribution in [0.5, 0.6) is 0 Å². The zero-order valence-electron chi connectivity index (χ0n) is 11.3. The maximum atomic E-state index is 12.0. The van der Waals surface area contributed by atoms with E-state index in [0.29, 0.717) is 12.8 Å². The van der Waals surface area contributed by atoms with E-state index in [1.165, 1.54) is 0 Å². The Hall–Kier alpha value is -1.36. The van der Waals surface area contributed by atoms with Gasteiger partial charge in [-0.1, -0.05) is 28.1 Å². The van der Waals surface area contributed by atoms with Gasteiger partial charge in [0, 0.05) is 10.5 Å². The van der Waals surface area contributed by atoms with Gasteiger partial charge in [0.1, 0.15) is 0 Å². The number of nitrogens with one attached hydrogen (secondary N) is 1. The number of hydrogen-bond donors (Lipinski definition) is 2. The van der Waals surface area contributed by atoms with E-state index in [2.05, 4.69) is 21.2 Å². The molecule has 0 radical (unpaired) electrons. The highest BCUT2D eigenvalue weighted by Gasteiger charge is 2.41. The summed E-state index contributed by atoms with van der Waals surface area (Å²) in [4.78, 5) is 22.9. The zero-order valence-corrected chi connectivity index (χ0v) is 12.9. The first-order chi connectivity index (χ1) is 9.47. The second kappa shape index (κ2) is 6.39. The van der Waals surface area contributed by atoms with Gasteiger partial charge in [0.15, 0.2) is 0 Å². The summed E-state index contributed by atoms with van der Waals surface area (Å²) in [7, 11) is 0. The molecule has 1 aromatic carbocycles. The molecule has 0 saturated heterocycles. The molecule has 1 aliphatic rings. The molecule has 1 saturated carbocycles. The molecule has 0 aromatic heterocycles. The Morgan fingerprint density at radius 3 is 2.40 bits per heavy atom. The summed E-state index contributed by atoms with van der Waals surface area (Å²) in [5.41, 5.74) is 1.14. The molecule has 2 rings (SSSR count). The fraction of sp³-hybridized carbons (Fsp3) is 0.467. The van der Waals surface area contributed by atoms with Crippen molar-refractivity contribution in [3.63, 3.8) is 0 Å². The van der Waals surface area contributed by atoms with Crippen molar-refractivity contribution in [2.75, 3.05) is 0 Å². The summed E-state index contributed by atoms with van der Waals surface area (Å²) in [5, 5.41) is 11.9. The zero-order chi connectivity index (χ0) is 14.7. The molecule has 3 unspecified atom stereocenters. The standard InChI is InChI=1S/C15H18BrNO3/c1-9(8-10-2-4-11(16)5-3-10)17-14(18)12-6-7-13(12)15(19)20/h2-5,9,12-13H,6-8H2,1H3,(H,17,18)(H,19,20). The van der Waals surface area contributed by atoms with Crippen molar-refractivity contribution in [3.05, 3.63) is 34.3 Å². The van der Waals surface area contributed by atoms with Gasteiger partial charge in [-0.25, -0.2) is 0 Å². The van der Waals surface area contributed by atoms with E-state index < -0.39 is 11.9 Å². The minimum Gasteiger partial charge on any atom is -0.481 e. The summed E-state index contributed by atoms with van der Waals surface area (Å²) in [6, 6.07) is 7.96. The minimum atomic E-state index is -0.864. The molecule has 0 heterocycles. The Bertz CT molecular complexity index is 500. The number of benzene rings is 1. The van der Waals surface area contributed by atoms with Crippen molar-refractivity contribution in [1.82, 2.24) is 5.32 Å². The molecule has 0 aliphatic heterocycles. The maximum absolute atomic E-state index is 12.0. The van der Waals surface area contributed by atoms with Crippen molar-refractivity contribution >= 4 is 27.8 Å². The molecule has 1 amide bonds. The first-order valence-corrected chi connectivity index (χ1v) is 7.54. The molecule has 20 heavy (non-hydrogen) atoms. The number of halogens is 1. The smallest absolute Gasteiger partial charge is 0.307 e. The van der Waals surface area contributed by atoms with Gasteiger partial charge in [0.2, 0.25) is 5.91 Å². The maximum Gasteiger partial charge on any atom is 0.307 e. The number of amides is 1. The van der Waals surface area contributed by atoms with Crippen molar-refractivity contribution in [2.24, 2.45) is 11.8 Å². The van der Waals surface area contributed by atoms with E-state index in [-0.39, 0.29) is 17.9 Å². The first-order valence-electron chi connectivity index (χ1n) is 6.75. The minimum absolute atomic E-state index is 0.00118. The first kappa shape index (κ1) is 15.0. The molecule has 108 valence electrons. The van der Waals surface area contributed by atoms with Gasteiger partial charge in [-0.05, 0) is 43.9 Å². The fourth-order valence-electron chi connectivity index (χ4n) is 2.48. The molecule has 1 aromatic rings. The fourth-order valence-corrected chi connectivity index (χ4v) is 2.75. The van der Waals surface area contributed by atoms with E-state index in [1.807, 2.05) is 31.2 Å². The Labute approximate surface area is 126 Å². The van der Waals surface area contributed by atoms with Gasteiger partial charge in [0.25, 0.3) is 0 Å². The van der Waals surface area contributed by atoms with Crippen LogP contribution in [0.3, 0.4) is 0 Å². The van der Waals surface area contributed by atoms with Crippen LogP contribution in [-0.4, -0.2) is 23.0 Å². The molecule has 5 heteroatoms. The van der Waals surface area contributed by atoms with Crippen molar-refractivity contribution in [1.29, 1.82) is 0 Å². The molecule has 1 fully saturated rings. The van der Waals surface area contributed by atoms with Gasteiger partial charge >= 0.3 is 5.97 Å². The molecule has 0 spiro atoms. The summed E-state index contributed by atoms with van der Waals surface area (Å²) < 4.78 is 1.02. The summed E-state index contributed by atoms with van der Waals surface area (Å²) >= 11 is 3.38. The third-order valence-electron chi connectivity index (χ3n) is 3.77. The van der Waals surface area contributed by atoms with Crippen LogP contribution in [0.15, 0.2) is 28.7 Å². The van der Waals surface area contributed by atoms with Crippen LogP contribution in [0.25, 0.3) is 0 Å². The average molecular weight is 340 g/mol. The Morgan fingerprint density at radius 1 is 1.30 bits per heavy atom. The number of carbonyl (C=O) groups excluding carboxylic acids is 1. The predicted molar refractivity (Wildman–Crippen MR) is 79.3 cm³/mol. The van der Waals surface area contributed by atoms with E-state index >= 15 is 0 Å². The van der Waals surface area contributed by atoms with Crippen LogP contribution in [0.1, 0.15) is 25.3 Å². The molecule has 4 nitrogen and oxygen atoms in total. The largest absolute Gasteiger partial charge is 0.481 e. The third kappa shape index (κ3) is 3.60. The number of aliphatic carboxylic acids is 1. The Balaban J connectivity index is 1.85. The highest BCUT2D eigenvalue weighted by molar-refractivity contribution is 9.10. The molecular weight excluding hydrogens is 322 g/mol. The number of carbonyl (C=O) groups is 2. The molecule has 3 atom stereocenters. The second-order valence-electron chi connectivity index (χ2n) is 5.37. The second-order valence-corrected chi connectivity index (χ2v) is 6.28. The van der Waals surface area contributed by atoms with Crippen LogP contribution < -0.4 is 5.32 Å². The number of rotatable bonds is 5. The number of carboxylic acid groups (broad SMARTS) is 1. The van der Waals surface area contributed by atoms with Crippen LogP contribution in [0.4, 0.5) is 0 Å². The Morgan fingerprint density at radius 2 is 1.90 bits per heavy atom. The van der Waals surface area contributed by atoms with E-state index in [0.717, 1.165) is 16.5 Å². The molecule has 1 aliphatic carbocycles. The molecule has 2 N–H and O–H groups in total. The van der Waals surface area contributed by atoms with Gasteiger partial charge in [-0.2, -0.15) is 0 Å². The van der Waals surface area contributed by atoms with E-state index in [1.54, 1.807) is 0 Å². The monoisotopic (exact) mass is 339 g/mol. The highest BCUT2D eigenvalue weighted by Crippen LogP contribution is 2.34. The summed E-state index contributed by atoms with van der Waals surface area (Å²) in [6.45, 7) is 1.94. The van der Waals surface area contributed by atoms with Crippen molar-refractivity contribution < 1.29 is 14.7 Å². The van der Waals surface area contributed by atoms with Gasteiger partial charge < -0.3 is 10.4 Å². The predicted octanol–water partition coefficient (Wildman–Crippen LogP) is 2.61. The number of hydrogen-bond acceptors (Lipinski definition) is 2. The normalized spacial score (nSPS) is 22.7. The van der Waals surface area contributed by atoms with Crippen molar-refractivity contribution in [2.45, 2.75) is 32.2 Å². The molecular formula is C15H18BrNO3. The quantitative estimate of drug-likeness (QED) is 0.866. The SMILES string of the molecule is CC(Cc1ccc(Br)cc1)NC(=O)C1CCC1C(=O)O. The van der Waals surface area contributed by atoms with Gasteiger partial charge in [0.05, 0.1) is 11.8 Å². The van der Waals surface area contributed by atoms with Crippen molar-refractivity contribution in [3.8, 4) is 0 Å². The number of carboxylic acids is 1. The summed E-state index contributed by atoms with van der Waals surface area (Å²) in [6.07, 6.45) is 2.02.